The van der Waals surface area contributed by atoms with Crippen molar-refractivity contribution in [2.24, 2.45) is 0 Å². The topological polar surface area (TPSA) is 69.1 Å². The van der Waals surface area contributed by atoms with Gasteiger partial charge < -0.3 is 10.2 Å². The van der Waals surface area contributed by atoms with Crippen LogP contribution < -0.4 is 0 Å². The fourth-order valence-corrected chi connectivity index (χ4v) is 1.19. The van der Waals surface area contributed by atoms with Crippen LogP contribution in [0, 0.1) is 0 Å². The molecule has 0 aromatic carbocycles. The molecule has 1 rings (SSSR count). The Balaban J connectivity index is 2.53. The van der Waals surface area contributed by atoms with Crippen LogP contribution in [0.5, 0.6) is 0 Å². The normalized spacial score (nSPS) is 15.9. The van der Waals surface area contributed by atoms with Crippen molar-refractivity contribution in [2.75, 3.05) is 5.75 Å². The van der Waals surface area contributed by atoms with Crippen LogP contribution in [0.3, 0.4) is 0 Å². The summed E-state index contributed by atoms with van der Waals surface area (Å²) in [7, 11) is 0. The van der Waals surface area contributed by atoms with Crippen LogP contribution in [0.1, 0.15) is 18.2 Å². The van der Waals surface area contributed by atoms with Gasteiger partial charge in [-0.05, 0) is 18.2 Å². The highest BCUT2D eigenvalue weighted by atomic mass is 32.1. The first-order valence-electron chi connectivity index (χ1n) is 3.72. The first-order valence-corrected chi connectivity index (χ1v) is 4.35. The number of aromatic amines is 1. The van der Waals surface area contributed by atoms with Gasteiger partial charge >= 0.3 is 0 Å². The molecule has 1 heterocycles. The molecule has 2 unspecified atom stereocenters. The number of H-pyrrole nitrogens is 1. The molecule has 1 aromatic heterocycles. The summed E-state index contributed by atoms with van der Waals surface area (Å²) in [5.41, 5.74) is 0.532. The molecule has 0 amide bonds. The minimum Gasteiger partial charge on any atom is -0.390 e. The zero-order valence-corrected chi connectivity index (χ0v) is 7.41. The van der Waals surface area contributed by atoms with E-state index in [1.807, 2.05) is 0 Å². The van der Waals surface area contributed by atoms with E-state index in [-0.39, 0.29) is 0 Å². The molecule has 12 heavy (non-hydrogen) atoms. The van der Waals surface area contributed by atoms with Gasteiger partial charge in [0.05, 0.1) is 11.8 Å². The lowest BCUT2D eigenvalue weighted by Crippen LogP contribution is -2.18. The summed E-state index contributed by atoms with van der Waals surface area (Å²) in [5, 5.41) is 25.1. The predicted molar refractivity (Wildman–Crippen MR) is 48.0 cm³/mol. The molecule has 4 nitrogen and oxygen atoms in total. The number of nitrogens with one attached hydrogen (secondary N) is 1. The largest absolute Gasteiger partial charge is 0.390 e. The molecule has 0 radical (unpaired) electrons. The maximum atomic E-state index is 9.45. The van der Waals surface area contributed by atoms with Gasteiger partial charge in [-0.25, -0.2) is 0 Å². The molecule has 0 aliphatic carbocycles. The Bertz CT molecular complexity index is 215. The van der Waals surface area contributed by atoms with Gasteiger partial charge in [-0.2, -0.15) is 17.7 Å². The van der Waals surface area contributed by atoms with Gasteiger partial charge in [0.2, 0.25) is 0 Å². The summed E-state index contributed by atoms with van der Waals surface area (Å²) in [6.45, 7) is 0. The van der Waals surface area contributed by atoms with E-state index in [0.29, 0.717) is 17.9 Å². The zero-order valence-electron chi connectivity index (χ0n) is 6.51. The minimum absolute atomic E-state index is 0.462. The van der Waals surface area contributed by atoms with E-state index in [1.165, 1.54) is 6.20 Å². The van der Waals surface area contributed by atoms with Gasteiger partial charge in [-0.15, -0.1) is 0 Å². The Morgan fingerprint density at radius 3 is 2.83 bits per heavy atom. The number of hydrogen-bond donors (Lipinski definition) is 4. The summed E-state index contributed by atoms with van der Waals surface area (Å²) in [6, 6.07) is 1.63. The summed E-state index contributed by atoms with van der Waals surface area (Å²) in [4.78, 5) is 0. The van der Waals surface area contributed by atoms with E-state index in [0.717, 1.165) is 0 Å². The van der Waals surface area contributed by atoms with Crippen molar-refractivity contribution in [3.8, 4) is 0 Å². The summed E-state index contributed by atoms with van der Waals surface area (Å²) in [5.74, 6) is 0.548. The van der Waals surface area contributed by atoms with Crippen molar-refractivity contribution in [3.05, 3.63) is 18.0 Å². The van der Waals surface area contributed by atoms with E-state index in [1.54, 1.807) is 6.07 Å². The first kappa shape index (κ1) is 9.57. The molecule has 0 saturated heterocycles. The number of aliphatic hydroxyl groups excluding tert-OH is 2. The highest BCUT2D eigenvalue weighted by Crippen LogP contribution is 2.15. The second-order valence-corrected chi connectivity index (χ2v) is 2.98. The molecule has 1 aromatic rings. The van der Waals surface area contributed by atoms with Crippen molar-refractivity contribution in [2.45, 2.75) is 18.6 Å². The summed E-state index contributed by atoms with van der Waals surface area (Å²) >= 11 is 3.95. The van der Waals surface area contributed by atoms with Crippen molar-refractivity contribution in [1.29, 1.82) is 0 Å². The van der Waals surface area contributed by atoms with E-state index in [2.05, 4.69) is 22.8 Å². The molecule has 5 heteroatoms. The van der Waals surface area contributed by atoms with Crippen molar-refractivity contribution >= 4 is 12.6 Å². The molecule has 0 aliphatic heterocycles. The summed E-state index contributed by atoms with van der Waals surface area (Å²) < 4.78 is 0. The number of aromatic nitrogens is 2. The number of thiol groups is 1. The number of aliphatic hydroxyl groups is 2. The molecule has 3 N–H and O–H groups in total. The molecule has 0 bridgehead atoms. The first-order chi connectivity index (χ1) is 5.75. The lowest BCUT2D eigenvalue weighted by atomic mass is 10.1. The van der Waals surface area contributed by atoms with E-state index in [4.69, 9.17) is 0 Å². The van der Waals surface area contributed by atoms with Gasteiger partial charge in [-0.3, -0.25) is 5.10 Å². The van der Waals surface area contributed by atoms with Crippen LogP contribution in [-0.4, -0.2) is 32.3 Å². The Morgan fingerprint density at radius 2 is 2.33 bits per heavy atom. The van der Waals surface area contributed by atoms with E-state index in [9.17, 15) is 10.2 Å². The highest BCUT2D eigenvalue weighted by molar-refractivity contribution is 7.80. The zero-order chi connectivity index (χ0) is 8.97. The molecule has 68 valence electrons. The number of rotatable bonds is 4. The predicted octanol–water partition coefficient (Wildman–Crippen LogP) is 0.124. The maximum Gasteiger partial charge on any atom is 0.121 e. The van der Waals surface area contributed by atoms with Crippen LogP contribution in [0.25, 0.3) is 0 Å². The lowest BCUT2D eigenvalue weighted by molar-refractivity contribution is 0.0146. The Labute approximate surface area is 76.0 Å². The van der Waals surface area contributed by atoms with Gasteiger partial charge in [0.1, 0.15) is 6.10 Å². The lowest BCUT2D eigenvalue weighted by Gasteiger charge is -2.14. The SMILES string of the molecule is OC(CCS)C(O)c1ccn[nH]1. The molecule has 0 fully saturated rings. The van der Waals surface area contributed by atoms with Gasteiger partial charge in [-0.1, -0.05) is 0 Å². The quantitative estimate of drug-likeness (QED) is 0.507. The van der Waals surface area contributed by atoms with E-state index >= 15 is 0 Å². The molecular weight excluding hydrogens is 176 g/mol. The van der Waals surface area contributed by atoms with Gasteiger partial charge in [0.25, 0.3) is 0 Å². The van der Waals surface area contributed by atoms with Crippen molar-refractivity contribution < 1.29 is 10.2 Å². The van der Waals surface area contributed by atoms with Gasteiger partial charge in [0, 0.05) is 6.20 Å². The Hall–Kier alpha value is -0.520. The molecule has 0 aliphatic rings. The number of nitrogens with zero attached hydrogens (tertiary/aromatic N) is 1. The Morgan fingerprint density at radius 1 is 1.58 bits per heavy atom. The van der Waals surface area contributed by atoms with E-state index < -0.39 is 12.2 Å². The second-order valence-electron chi connectivity index (χ2n) is 2.54. The Kier molecular flexibility index (Phi) is 3.58. The fourth-order valence-electron chi connectivity index (χ4n) is 0.929. The van der Waals surface area contributed by atoms with Crippen LogP contribution in [0.4, 0.5) is 0 Å². The third kappa shape index (κ3) is 2.23. The number of hydrogen-bond acceptors (Lipinski definition) is 4. The molecular formula is C7H12N2O2S. The summed E-state index contributed by atoms with van der Waals surface area (Å²) in [6.07, 6.45) is 0.331. The molecule has 0 saturated carbocycles. The third-order valence-electron chi connectivity index (χ3n) is 1.63. The van der Waals surface area contributed by atoms with Crippen LogP contribution in [0.2, 0.25) is 0 Å². The van der Waals surface area contributed by atoms with Crippen LogP contribution in [0.15, 0.2) is 12.3 Å². The second kappa shape index (κ2) is 4.49. The average molecular weight is 188 g/mol. The third-order valence-corrected chi connectivity index (χ3v) is 1.89. The molecule has 2 atom stereocenters. The van der Waals surface area contributed by atoms with Crippen molar-refractivity contribution in [1.82, 2.24) is 10.2 Å². The maximum absolute atomic E-state index is 9.45. The van der Waals surface area contributed by atoms with Gasteiger partial charge in [0.15, 0.2) is 0 Å². The highest BCUT2D eigenvalue weighted by Gasteiger charge is 2.18. The minimum atomic E-state index is -0.889. The monoisotopic (exact) mass is 188 g/mol. The standard InChI is InChI=1S/C7H12N2O2S/c10-6(2-4-12)7(11)5-1-3-8-9-5/h1,3,6-7,10-12H,2,4H2,(H,8,9). The molecule has 0 spiro atoms. The fraction of sp³-hybridized carbons (Fsp3) is 0.571. The van der Waals surface area contributed by atoms with Crippen LogP contribution in [-0.2, 0) is 0 Å². The van der Waals surface area contributed by atoms with Crippen LogP contribution >= 0.6 is 12.6 Å². The smallest absolute Gasteiger partial charge is 0.121 e. The average Bonchev–Trinajstić information content (AvgIpc) is 2.55. The van der Waals surface area contributed by atoms with Crippen molar-refractivity contribution in [3.63, 3.8) is 0 Å².